The van der Waals surface area contributed by atoms with E-state index in [0.717, 1.165) is 41.3 Å². The predicted molar refractivity (Wildman–Crippen MR) is 157 cm³/mol. The Morgan fingerprint density at radius 1 is 1.00 bits per heavy atom. The third-order valence-corrected chi connectivity index (χ3v) is 5.50. The number of carbonyl (C=O) groups excluding carboxylic acids is 1. The number of aliphatic imine (C=N–C) groups is 1. The first-order valence-electron chi connectivity index (χ1n) is 13.1. The van der Waals surface area contributed by atoms with Gasteiger partial charge in [0.1, 0.15) is 5.69 Å². The minimum absolute atomic E-state index is 0.123. The molecule has 3 heterocycles. The van der Waals surface area contributed by atoms with E-state index in [2.05, 4.69) is 25.0 Å². The van der Waals surface area contributed by atoms with Gasteiger partial charge in [-0.2, -0.15) is 5.90 Å². The molecular formula is C29H39N7O3. The second kappa shape index (κ2) is 16.7. The number of aromatic nitrogens is 1. The van der Waals surface area contributed by atoms with Crippen LogP contribution in [0.1, 0.15) is 44.5 Å². The number of anilines is 2. The van der Waals surface area contributed by atoms with Gasteiger partial charge >= 0.3 is 0 Å². The fourth-order valence-electron chi connectivity index (χ4n) is 3.79. The molecule has 208 valence electrons. The lowest BCUT2D eigenvalue weighted by molar-refractivity contribution is -0.117. The summed E-state index contributed by atoms with van der Waals surface area (Å²) < 4.78 is 5.28. The summed E-state index contributed by atoms with van der Waals surface area (Å²) in [6.45, 7) is 10.9. The Balaban J connectivity index is 0.000000246. The number of carbonyl (C=O) groups is 1. The summed E-state index contributed by atoms with van der Waals surface area (Å²) in [5.74, 6) is 4.58. The van der Waals surface area contributed by atoms with Gasteiger partial charge in [0, 0.05) is 30.4 Å². The SMILES string of the molecule is CC.CC.N=C(ON)c1ncccc1N1CCOCC1.NC1N=C(c2ccccc2)c2ccccc2NC1=O. The predicted octanol–water partition coefficient (Wildman–Crippen LogP) is 3.95. The summed E-state index contributed by atoms with van der Waals surface area (Å²) in [5, 5.41) is 10.4. The van der Waals surface area contributed by atoms with Crippen LogP contribution in [0.25, 0.3) is 0 Å². The highest BCUT2D eigenvalue weighted by Gasteiger charge is 2.22. The number of rotatable bonds is 3. The number of benzene rings is 2. The van der Waals surface area contributed by atoms with Gasteiger partial charge in [-0.25, -0.2) is 4.98 Å². The third kappa shape index (κ3) is 8.44. The molecule has 0 bridgehead atoms. The first-order valence-corrected chi connectivity index (χ1v) is 13.1. The van der Waals surface area contributed by atoms with Crippen LogP contribution in [0.5, 0.6) is 0 Å². The van der Waals surface area contributed by atoms with Crippen LogP contribution in [0.2, 0.25) is 0 Å². The summed E-state index contributed by atoms with van der Waals surface area (Å²) >= 11 is 0. The molecular weight excluding hydrogens is 494 g/mol. The number of amides is 1. The lowest BCUT2D eigenvalue weighted by Crippen LogP contribution is -2.37. The summed E-state index contributed by atoms with van der Waals surface area (Å²) in [5.41, 5.74) is 10.4. The number of hydrogen-bond donors (Lipinski definition) is 4. The van der Waals surface area contributed by atoms with Gasteiger partial charge in [-0.15, -0.1) is 0 Å². The zero-order chi connectivity index (χ0) is 28.6. The molecule has 1 fully saturated rings. The van der Waals surface area contributed by atoms with Crippen molar-refractivity contribution in [3.05, 3.63) is 89.7 Å². The number of nitrogens with zero attached hydrogens (tertiary/aromatic N) is 3. The van der Waals surface area contributed by atoms with Crippen molar-refractivity contribution in [3.8, 4) is 0 Å². The molecule has 0 saturated carbocycles. The van der Waals surface area contributed by atoms with Gasteiger partial charge in [-0.1, -0.05) is 76.2 Å². The van der Waals surface area contributed by atoms with E-state index in [1.807, 2.05) is 94.4 Å². The van der Waals surface area contributed by atoms with Gasteiger partial charge in [-0.3, -0.25) is 15.2 Å². The van der Waals surface area contributed by atoms with Crippen molar-refractivity contribution in [1.82, 2.24) is 4.98 Å². The molecule has 2 aromatic carbocycles. The van der Waals surface area contributed by atoms with Crippen molar-refractivity contribution in [2.24, 2.45) is 16.6 Å². The van der Waals surface area contributed by atoms with Crippen LogP contribution in [0.15, 0.2) is 77.9 Å². The van der Waals surface area contributed by atoms with E-state index in [9.17, 15) is 4.79 Å². The number of ether oxygens (including phenoxy) is 1. The Morgan fingerprint density at radius 2 is 1.64 bits per heavy atom. The molecule has 3 aromatic rings. The molecule has 1 unspecified atom stereocenters. The fraction of sp³-hybridized carbons (Fsp3) is 0.310. The van der Waals surface area contributed by atoms with Crippen LogP contribution in [0, 0.1) is 5.41 Å². The largest absolute Gasteiger partial charge is 0.389 e. The topological polar surface area (TPSA) is 152 Å². The highest BCUT2D eigenvalue weighted by molar-refractivity contribution is 6.19. The third-order valence-electron chi connectivity index (χ3n) is 5.50. The van der Waals surface area contributed by atoms with Gasteiger partial charge in [0.25, 0.3) is 11.8 Å². The first-order chi connectivity index (χ1) is 19.1. The number of para-hydroxylation sites is 1. The maximum atomic E-state index is 11.8. The van der Waals surface area contributed by atoms with Crippen LogP contribution in [0.4, 0.5) is 11.4 Å². The number of fused-ring (bicyclic) bond motifs is 1. The summed E-state index contributed by atoms with van der Waals surface area (Å²) in [6, 6.07) is 21.0. The Kier molecular flexibility index (Phi) is 13.3. The second-order valence-corrected chi connectivity index (χ2v) is 7.74. The Bertz CT molecular complexity index is 1210. The quantitative estimate of drug-likeness (QED) is 0.226. The number of nitrogens with one attached hydrogen (secondary N) is 2. The molecule has 5 rings (SSSR count). The normalized spacial score (nSPS) is 15.6. The van der Waals surface area contributed by atoms with Crippen molar-refractivity contribution in [2.75, 3.05) is 36.5 Å². The van der Waals surface area contributed by atoms with Gasteiger partial charge in [0.15, 0.2) is 6.17 Å². The Morgan fingerprint density at radius 3 is 2.31 bits per heavy atom. The van der Waals surface area contributed by atoms with Crippen LogP contribution >= 0.6 is 0 Å². The fourth-order valence-corrected chi connectivity index (χ4v) is 3.79. The molecule has 6 N–H and O–H groups in total. The maximum absolute atomic E-state index is 11.8. The molecule has 1 amide bonds. The van der Waals surface area contributed by atoms with Crippen LogP contribution in [-0.4, -0.2) is 55.0 Å². The number of benzodiazepines with no additional fused rings is 1. The van der Waals surface area contributed by atoms with Crippen molar-refractivity contribution >= 4 is 28.9 Å². The molecule has 1 saturated heterocycles. The van der Waals surface area contributed by atoms with Gasteiger partial charge < -0.3 is 25.5 Å². The average molecular weight is 534 g/mol. The van der Waals surface area contributed by atoms with E-state index in [1.54, 1.807) is 6.20 Å². The standard InChI is InChI=1S/C15H13N3O.C10H14N4O2.2C2H6/c16-14-15(19)17-12-9-5-4-8-11(12)13(18-14)10-6-2-1-3-7-10;11-10(16-12)9-8(2-1-3-13-9)14-4-6-15-7-5-14;2*1-2/h1-9,14H,16H2,(H,17,19);1-3,11H,4-7,12H2;2*1-2H3. The highest BCUT2D eigenvalue weighted by Crippen LogP contribution is 2.23. The second-order valence-electron chi connectivity index (χ2n) is 7.74. The van der Waals surface area contributed by atoms with Crippen molar-refractivity contribution in [2.45, 2.75) is 33.9 Å². The minimum atomic E-state index is -0.886. The number of morpholine rings is 1. The van der Waals surface area contributed by atoms with Gasteiger partial charge in [-0.05, 0) is 18.2 Å². The smallest absolute Gasteiger partial charge is 0.263 e. The van der Waals surface area contributed by atoms with E-state index in [1.165, 1.54) is 0 Å². The Labute approximate surface area is 230 Å². The monoisotopic (exact) mass is 533 g/mol. The summed E-state index contributed by atoms with van der Waals surface area (Å²) in [6.07, 6.45) is 0.731. The molecule has 2 aliphatic heterocycles. The number of pyridine rings is 1. The summed E-state index contributed by atoms with van der Waals surface area (Å²) in [4.78, 5) is 26.8. The first kappa shape index (κ1) is 31.1. The van der Waals surface area contributed by atoms with Crippen LogP contribution in [-0.2, 0) is 14.4 Å². The van der Waals surface area contributed by atoms with E-state index < -0.39 is 6.17 Å². The maximum Gasteiger partial charge on any atom is 0.263 e. The average Bonchev–Trinajstić information content (AvgIpc) is 3.15. The lowest BCUT2D eigenvalue weighted by Gasteiger charge is -2.29. The van der Waals surface area contributed by atoms with Crippen molar-refractivity contribution < 1.29 is 14.4 Å². The van der Waals surface area contributed by atoms with E-state index >= 15 is 0 Å². The molecule has 0 radical (unpaired) electrons. The molecule has 1 atom stereocenters. The van der Waals surface area contributed by atoms with Crippen LogP contribution < -0.4 is 21.8 Å². The Hall–Kier alpha value is -4.12. The minimum Gasteiger partial charge on any atom is -0.389 e. The number of hydrogen-bond acceptors (Lipinski definition) is 9. The van der Waals surface area contributed by atoms with Gasteiger partial charge in [0.2, 0.25) is 0 Å². The lowest BCUT2D eigenvalue weighted by atomic mass is 10.0. The van der Waals surface area contributed by atoms with E-state index in [-0.39, 0.29) is 11.8 Å². The molecule has 0 spiro atoms. The van der Waals surface area contributed by atoms with Crippen LogP contribution in [0.3, 0.4) is 0 Å². The molecule has 39 heavy (non-hydrogen) atoms. The molecule has 0 aliphatic carbocycles. The molecule has 10 nitrogen and oxygen atoms in total. The van der Waals surface area contributed by atoms with Gasteiger partial charge in [0.05, 0.1) is 30.3 Å². The molecule has 2 aliphatic rings. The zero-order valence-corrected chi connectivity index (χ0v) is 23.1. The zero-order valence-electron chi connectivity index (χ0n) is 23.1. The summed E-state index contributed by atoms with van der Waals surface area (Å²) in [7, 11) is 0. The highest BCUT2D eigenvalue weighted by atomic mass is 16.6. The van der Waals surface area contributed by atoms with E-state index in [4.69, 9.17) is 21.8 Å². The van der Waals surface area contributed by atoms with Crippen molar-refractivity contribution in [3.63, 3.8) is 0 Å². The van der Waals surface area contributed by atoms with Crippen molar-refractivity contribution in [1.29, 1.82) is 5.41 Å². The molecule has 1 aromatic heterocycles. The molecule has 10 heteroatoms. The van der Waals surface area contributed by atoms with E-state index in [0.29, 0.717) is 18.9 Å². The number of nitrogens with two attached hydrogens (primary N) is 2.